The van der Waals surface area contributed by atoms with Gasteiger partial charge in [-0.1, -0.05) is 17.7 Å². The Labute approximate surface area is 166 Å². The van der Waals surface area contributed by atoms with E-state index in [1.165, 1.54) is 5.56 Å². The zero-order valence-corrected chi connectivity index (χ0v) is 17.0. The number of rotatable bonds is 11. The van der Waals surface area contributed by atoms with Crippen molar-refractivity contribution >= 4 is 5.91 Å². The molecule has 0 saturated carbocycles. The maximum absolute atomic E-state index is 12.6. The molecule has 6 nitrogen and oxygen atoms in total. The number of carbonyl (C=O) groups excluding carboxylic acids is 1. The molecular formula is C22H29NO5. The summed E-state index contributed by atoms with van der Waals surface area (Å²) in [6, 6.07) is 11.1. The van der Waals surface area contributed by atoms with E-state index in [0.717, 1.165) is 5.75 Å². The van der Waals surface area contributed by atoms with Crippen molar-refractivity contribution in [3.63, 3.8) is 0 Å². The average Bonchev–Trinajstić information content (AvgIpc) is 2.69. The Bertz CT molecular complexity index is 731. The van der Waals surface area contributed by atoms with Crippen LogP contribution in [0.15, 0.2) is 36.4 Å². The van der Waals surface area contributed by atoms with Crippen LogP contribution in [0.3, 0.4) is 0 Å². The summed E-state index contributed by atoms with van der Waals surface area (Å²) in [4.78, 5) is 12.6. The highest BCUT2D eigenvalue weighted by atomic mass is 16.5. The molecule has 28 heavy (non-hydrogen) atoms. The van der Waals surface area contributed by atoms with Crippen LogP contribution in [0.25, 0.3) is 0 Å². The Balaban J connectivity index is 2.03. The van der Waals surface area contributed by atoms with Crippen LogP contribution in [0.4, 0.5) is 0 Å². The first kappa shape index (κ1) is 21.4. The van der Waals surface area contributed by atoms with Crippen LogP contribution in [-0.4, -0.2) is 38.9 Å². The molecule has 0 saturated heterocycles. The molecule has 0 aliphatic heterocycles. The fourth-order valence-electron chi connectivity index (χ4n) is 2.59. The Hall–Kier alpha value is -2.89. The summed E-state index contributed by atoms with van der Waals surface area (Å²) in [7, 11) is 0. The molecular weight excluding hydrogens is 358 g/mol. The van der Waals surface area contributed by atoms with Crippen LogP contribution >= 0.6 is 0 Å². The van der Waals surface area contributed by atoms with Crippen LogP contribution in [0.1, 0.15) is 36.7 Å². The van der Waals surface area contributed by atoms with E-state index in [1.54, 1.807) is 12.1 Å². The fourth-order valence-corrected chi connectivity index (χ4v) is 2.59. The van der Waals surface area contributed by atoms with Gasteiger partial charge in [0.15, 0.2) is 11.5 Å². The molecule has 2 rings (SSSR count). The molecule has 0 heterocycles. The molecule has 0 unspecified atom stereocenters. The Kier molecular flexibility index (Phi) is 8.46. The van der Waals surface area contributed by atoms with Crippen molar-refractivity contribution in [1.29, 1.82) is 0 Å². The second kappa shape index (κ2) is 11.1. The van der Waals surface area contributed by atoms with E-state index in [4.69, 9.17) is 18.9 Å². The van der Waals surface area contributed by atoms with Gasteiger partial charge in [-0.2, -0.15) is 0 Å². The maximum atomic E-state index is 12.6. The van der Waals surface area contributed by atoms with Gasteiger partial charge in [0.05, 0.1) is 26.4 Å². The van der Waals surface area contributed by atoms with E-state index < -0.39 is 0 Å². The lowest BCUT2D eigenvalue weighted by molar-refractivity contribution is 0.0946. The molecule has 0 bridgehead atoms. The van der Waals surface area contributed by atoms with Crippen LogP contribution in [-0.2, 0) is 0 Å². The molecule has 6 heteroatoms. The summed E-state index contributed by atoms with van der Waals surface area (Å²) >= 11 is 0. The van der Waals surface area contributed by atoms with E-state index >= 15 is 0 Å². The zero-order valence-electron chi connectivity index (χ0n) is 17.0. The SMILES string of the molecule is CCOc1cc(C(=O)NCCOc2ccc(C)cc2)cc(OCC)c1OCC. The van der Waals surface area contributed by atoms with E-state index in [1.807, 2.05) is 52.0 Å². The number of nitrogens with one attached hydrogen (secondary N) is 1. The second-order valence-electron chi connectivity index (χ2n) is 6.02. The van der Waals surface area contributed by atoms with E-state index in [0.29, 0.717) is 55.8 Å². The molecule has 0 aliphatic carbocycles. The summed E-state index contributed by atoms with van der Waals surface area (Å²) in [6.45, 7) is 9.82. The van der Waals surface area contributed by atoms with Gasteiger partial charge in [0.1, 0.15) is 12.4 Å². The second-order valence-corrected chi connectivity index (χ2v) is 6.02. The van der Waals surface area contributed by atoms with Crippen molar-refractivity contribution in [2.24, 2.45) is 0 Å². The highest BCUT2D eigenvalue weighted by molar-refractivity contribution is 5.95. The van der Waals surface area contributed by atoms with E-state index in [2.05, 4.69) is 5.32 Å². The molecule has 0 atom stereocenters. The van der Waals surface area contributed by atoms with Gasteiger partial charge >= 0.3 is 0 Å². The van der Waals surface area contributed by atoms with Crippen molar-refractivity contribution in [2.75, 3.05) is 33.0 Å². The number of amides is 1. The molecule has 0 aliphatic rings. The molecule has 0 fully saturated rings. The third-order valence-corrected chi connectivity index (χ3v) is 3.85. The Morgan fingerprint density at radius 3 is 1.96 bits per heavy atom. The first-order valence-corrected chi connectivity index (χ1v) is 9.63. The monoisotopic (exact) mass is 387 g/mol. The van der Waals surface area contributed by atoms with Crippen molar-refractivity contribution < 1.29 is 23.7 Å². The van der Waals surface area contributed by atoms with Crippen LogP contribution in [0.5, 0.6) is 23.0 Å². The standard InChI is InChI=1S/C22H29NO5/c1-5-25-19-14-17(15-20(26-6-2)21(19)27-7-3)22(24)23-12-13-28-18-10-8-16(4)9-11-18/h8-11,14-15H,5-7,12-13H2,1-4H3,(H,23,24). The maximum Gasteiger partial charge on any atom is 0.251 e. The minimum absolute atomic E-state index is 0.225. The summed E-state index contributed by atoms with van der Waals surface area (Å²) in [5, 5.41) is 2.85. The minimum atomic E-state index is -0.225. The Morgan fingerprint density at radius 1 is 0.857 bits per heavy atom. The van der Waals surface area contributed by atoms with E-state index in [9.17, 15) is 4.79 Å². The topological polar surface area (TPSA) is 66.0 Å². The number of aryl methyl sites for hydroxylation is 1. The lowest BCUT2D eigenvalue weighted by atomic mass is 10.1. The van der Waals surface area contributed by atoms with E-state index in [-0.39, 0.29) is 5.91 Å². The molecule has 0 aromatic heterocycles. The predicted molar refractivity (Wildman–Crippen MR) is 109 cm³/mol. The van der Waals surface area contributed by atoms with Gasteiger partial charge < -0.3 is 24.3 Å². The third-order valence-electron chi connectivity index (χ3n) is 3.85. The van der Waals surface area contributed by atoms with Crippen molar-refractivity contribution in [1.82, 2.24) is 5.32 Å². The third kappa shape index (κ3) is 6.08. The normalized spacial score (nSPS) is 10.3. The quantitative estimate of drug-likeness (QED) is 0.591. The summed E-state index contributed by atoms with van der Waals surface area (Å²) in [5.74, 6) is 2.06. The van der Waals surface area contributed by atoms with Gasteiger partial charge in [-0.15, -0.1) is 0 Å². The molecule has 152 valence electrons. The number of carbonyl (C=O) groups is 1. The van der Waals surface area contributed by atoms with Gasteiger partial charge in [-0.25, -0.2) is 0 Å². The van der Waals surface area contributed by atoms with Gasteiger partial charge in [0.25, 0.3) is 5.91 Å². The number of hydrogen-bond acceptors (Lipinski definition) is 5. The number of ether oxygens (including phenoxy) is 4. The molecule has 1 amide bonds. The first-order valence-electron chi connectivity index (χ1n) is 9.63. The summed E-state index contributed by atoms with van der Waals surface area (Å²) in [5.41, 5.74) is 1.62. The first-order chi connectivity index (χ1) is 13.6. The predicted octanol–water partition coefficient (Wildman–Crippen LogP) is 4.00. The van der Waals surface area contributed by atoms with Gasteiger partial charge in [-0.05, 0) is 52.0 Å². The molecule has 0 radical (unpaired) electrons. The molecule has 1 N–H and O–H groups in total. The lowest BCUT2D eigenvalue weighted by Crippen LogP contribution is -2.28. The van der Waals surface area contributed by atoms with Crippen LogP contribution in [0.2, 0.25) is 0 Å². The summed E-state index contributed by atoms with van der Waals surface area (Å²) in [6.07, 6.45) is 0. The van der Waals surface area contributed by atoms with Crippen LogP contribution < -0.4 is 24.3 Å². The largest absolute Gasteiger partial charge is 0.492 e. The highest BCUT2D eigenvalue weighted by Crippen LogP contribution is 2.39. The number of benzene rings is 2. The molecule has 2 aromatic carbocycles. The van der Waals surface area contributed by atoms with Crippen molar-refractivity contribution in [3.8, 4) is 23.0 Å². The van der Waals surface area contributed by atoms with Crippen molar-refractivity contribution in [2.45, 2.75) is 27.7 Å². The average molecular weight is 387 g/mol. The summed E-state index contributed by atoms with van der Waals surface area (Å²) < 4.78 is 22.6. The van der Waals surface area contributed by atoms with Crippen molar-refractivity contribution in [3.05, 3.63) is 47.5 Å². The van der Waals surface area contributed by atoms with Gasteiger partial charge in [0.2, 0.25) is 5.75 Å². The molecule has 0 spiro atoms. The molecule has 2 aromatic rings. The van der Waals surface area contributed by atoms with Crippen LogP contribution in [0, 0.1) is 6.92 Å². The number of hydrogen-bond donors (Lipinski definition) is 1. The smallest absolute Gasteiger partial charge is 0.251 e. The lowest BCUT2D eigenvalue weighted by Gasteiger charge is -2.17. The highest BCUT2D eigenvalue weighted by Gasteiger charge is 2.18. The van der Waals surface area contributed by atoms with Gasteiger partial charge in [-0.3, -0.25) is 4.79 Å². The zero-order chi connectivity index (χ0) is 20.4. The fraction of sp³-hybridized carbons (Fsp3) is 0.409. The minimum Gasteiger partial charge on any atom is -0.492 e. The Morgan fingerprint density at radius 2 is 1.43 bits per heavy atom. The van der Waals surface area contributed by atoms with Gasteiger partial charge in [0, 0.05) is 5.56 Å².